The fourth-order valence-corrected chi connectivity index (χ4v) is 6.98. The lowest BCUT2D eigenvalue weighted by Crippen LogP contribution is -2.51. The summed E-state index contributed by atoms with van der Waals surface area (Å²) in [6, 6.07) is 7.65. The lowest BCUT2D eigenvalue weighted by atomic mass is 9.92. The summed E-state index contributed by atoms with van der Waals surface area (Å²) in [5.41, 5.74) is 5.23. The first-order valence-corrected chi connectivity index (χ1v) is 12.5. The Hall–Kier alpha value is -2.73. The number of fused-ring (bicyclic) bond motifs is 3. The topological polar surface area (TPSA) is 74.2 Å². The molecule has 12 heteroatoms. The predicted molar refractivity (Wildman–Crippen MR) is 124 cm³/mol. The predicted octanol–water partition coefficient (Wildman–Crippen LogP) is 3.92. The minimum atomic E-state index is -4.74. The number of amides is 1. The largest absolute Gasteiger partial charge is 0.573 e. The molecule has 1 amide bonds. The molecule has 2 unspecified atom stereocenters. The van der Waals surface area contributed by atoms with Crippen LogP contribution >= 0.6 is 23.1 Å². The number of Topliss-reactive ketones (excluding diaryl/α,β-unsaturated/α-hetero) is 1. The van der Waals surface area contributed by atoms with Crippen molar-refractivity contribution in [2.75, 3.05) is 36.8 Å². The van der Waals surface area contributed by atoms with Crippen LogP contribution in [0.25, 0.3) is 0 Å². The van der Waals surface area contributed by atoms with Crippen molar-refractivity contribution in [2.45, 2.75) is 23.5 Å². The Labute approximate surface area is 201 Å². The normalized spacial score (nSPS) is 21.9. The van der Waals surface area contributed by atoms with Crippen molar-refractivity contribution in [1.29, 1.82) is 0 Å². The number of nitrogens with zero attached hydrogens (tertiary/aromatic N) is 3. The number of piperazine rings is 1. The van der Waals surface area contributed by atoms with Crippen LogP contribution in [0.3, 0.4) is 0 Å². The highest BCUT2D eigenvalue weighted by atomic mass is 32.2. The van der Waals surface area contributed by atoms with Gasteiger partial charge >= 0.3 is 6.36 Å². The van der Waals surface area contributed by atoms with Gasteiger partial charge in [-0.25, -0.2) is 0 Å². The summed E-state index contributed by atoms with van der Waals surface area (Å²) in [6.45, 7) is 3.39. The van der Waals surface area contributed by atoms with Crippen molar-refractivity contribution >= 4 is 46.2 Å². The highest BCUT2D eigenvalue weighted by molar-refractivity contribution is 8.01. The quantitative estimate of drug-likeness (QED) is 0.629. The standard InChI is InChI=1S/C22H21F3N4O3S2/c1-12(30)17-10-15-18-16(11-33-21(15)34-17)19(27-26-18)20(31)29-7-5-28(6-8-29)13-3-2-4-14(9-13)32-22(23,24)25/h2-4,9-10,16,18,26H,5-8,11H2,1H3. The highest BCUT2D eigenvalue weighted by Gasteiger charge is 2.43. The van der Waals surface area contributed by atoms with Crippen molar-refractivity contribution in [3.8, 4) is 5.75 Å². The van der Waals surface area contributed by atoms with E-state index < -0.39 is 6.36 Å². The lowest BCUT2D eigenvalue weighted by Gasteiger charge is -2.36. The number of rotatable bonds is 4. The van der Waals surface area contributed by atoms with E-state index in [0.29, 0.717) is 48.2 Å². The second-order valence-electron chi connectivity index (χ2n) is 8.26. The zero-order valence-electron chi connectivity index (χ0n) is 18.1. The molecule has 0 saturated carbocycles. The van der Waals surface area contributed by atoms with E-state index in [1.165, 1.54) is 29.5 Å². The number of carbonyl (C=O) groups excluding carboxylic acids is 2. The monoisotopic (exact) mass is 510 g/mol. The Bertz CT molecular complexity index is 1160. The number of halogens is 3. The number of hydrogen-bond acceptors (Lipinski definition) is 8. The van der Waals surface area contributed by atoms with Crippen LogP contribution in [0.15, 0.2) is 39.6 Å². The highest BCUT2D eigenvalue weighted by Crippen LogP contribution is 2.46. The van der Waals surface area contributed by atoms with E-state index in [9.17, 15) is 22.8 Å². The van der Waals surface area contributed by atoms with Gasteiger partial charge in [0.25, 0.3) is 5.91 Å². The van der Waals surface area contributed by atoms with Crippen LogP contribution in [0.2, 0.25) is 0 Å². The summed E-state index contributed by atoms with van der Waals surface area (Å²) in [4.78, 5) is 29.4. The fourth-order valence-electron chi connectivity index (χ4n) is 4.40. The van der Waals surface area contributed by atoms with Crippen LogP contribution in [0.1, 0.15) is 28.2 Å². The van der Waals surface area contributed by atoms with Gasteiger partial charge in [-0.15, -0.1) is 36.3 Å². The molecule has 5 rings (SSSR count). The number of thiophene rings is 1. The molecule has 7 nitrogen and oxygen atoms in total. The van der Waals surface area contributed by atoms with Gasteiger partial charge in [-0.2, -0.15) is 5.10 Å². The van der Waals surface area contributed by atoms with Crippen LogP contribution in [0.4, 0.5) is 18.9 Å². The van der Waals surface area contributed by atoms with E-state index in [1.54, 1.807) is 29.7 Å². The molecule has 1 aromatic heterocycles. The second kappa shape index (κ2) is 8.81. The molecule has 0 aliphatic carbocycles. The molecule has 0 spiro atoms. The number of hydrazone groups is 1. The van der Waals surface area contributed by atoms with Crippen LogP contribution in [-0.4, -0.2) is 60.6 Å². The lowest BCUT2D eigenvalue weighted by molar-refractivity contribution is -0.274. The van der Waals surface area contributed by atoms with Gasteiger partial charge in [-0.1, -0.05) is 6.07 Å². The molecule has 3 aliphatic rings. The number of hydrogen-bond donors (Lipinski definition) is 1. The number of thioether (sulfide) groups is 1. The average Bonchev–Trinajstić information content (AvgIpc) is 3.42. The maximum Gasteiger partial charge on any atom is 0.573 e. The summed E-state index contributed by atoms with van der Waals surface area (Å²) in [7, 11) is 0. The summed E-state index contributed by atoms with van der Waals surface area (Å²) in [5.74, 6) is 0.268. The third kappa shape index (κ3) is 4.48. The first-order chi connectivity index (χ1) is 16.2. The van der Waals surface area contributed by atoms with Gasteiger partial charge < -0.3 is 20.0 Å². The molecule has 180 valence electrons. The second-order valence-corrected chi connectivity index (χ2v) is 10.6. The van der Waals surface area contributed by atoms with Crippen molar-refractivity contribution in [3.63, 3.8) is 0 Å². The third-order valence-corrected chi connectivity index (χ3v) is 8.75. The summed E-state index contributed by atoms with van der Waals surface area (Å²) in [5, 5.41) is 4.38. The van der Waals surface area contributed by atoms with Gasteiger partial charge in [-0.3, -0.25) is 9.59 Å². The number of ketones is 1. The SMILES string of the molecule is CC(=O)c1cc2c(s1)SCC1C(C(=O)N3CCN(c4cccc(OC(F)(F)F)c4)CC3)=NNC21. The molecule has 4 heterocycles. The van der Waals surface area contributed by atoms with Crippen LogP contribution in [0.5, 0.6) is 5.75 Å². The fraction of sp³-hybridized carbons (Fsp3) is 0.409. The van der Waals surface area contributed by atoms with Crippen LogP contribution < -0.4 is 15.1 Å². The smallest absolute Gasteiger partial charge is 0.406 e. The Kier molecular flexibility index (Phi) is 5.96. The molecule has 1 fully saturated rings. The van der Waals surface area contributed by atoms with Crippen molar-refractivity contribution in [1.82, 2.24) is 10.3 Å². The third-order valence-electron chi connectivity index (χ3n) is 6.08. The first kappa shape index (κ1) is 23.0. The molecule has 1 aromatic carbocycles. The Balaban J connectivity index is 1.22. The molecule has 1 N–H and O–H groups in total. The summed E-state index contributed by atoms with van der Waals surface area (Å²) < 4.78 is 42.7. The molecule has 2 aromatic rings. The van der Waals surface area contributed by atoms with E-state index >= 15 is 0 Å². The molecule has 2 atom stereocenters. The Morgan fingerprint density at radius 3 is 2.65 bits per heavy atom. The van der Waals surface area contributed by atoms with Gasteiger partial charge in [-0.05, 0) is 25.1 Å². The number of nitrogens with one attached hydrogen (secondary N) is 1. The van der Waals surface area contributed by atoms with Gasteiger partial charge in [0.15, 0.2) is 5.78 Å². The van der Waals surface area contributed by atoms with Gasteiger partial charge in [0.1, 0.15) is 11.5 Å². The molecule has 1 saturated heterocycles. The van der Waals surface area contributed by atoms with E-state index in [4.69, 9.17) is 0 Å². The number of ether oxygens (including phenoxy) is 1. The van der Waals surface area contributed by atoms with E-state index in [2.05, 4.69) is 15.3 Å². The number of alkyl halides is 3. The minimum absolute atomic E-state index is 0.0279. The van der Waals surface area contributed by atoms with Crippen molar-refractivity contribution in [2.24, 2.45) is 11.0 Å². The van der Waals surface area contributed by atoms with Gasteiger partial charge in [0, 0.05) is 55.2 Å². The number of anilines is 1. The van der Waals surface area contributed by atoms with Crippen LogP contribution in [0, 0.1) is 5.92 Å². The molecule has 34 heavy (non-hydrogen) atoms. The van der Waals surface area contributed by atoms with Gasteiger partial charge in [0.2, 0.25) is 0 Å². The zero-order valence-corrected chi connectivity index (χ0v) is 19.7. The maximum atomic E-state index is 13.3. The molecular weight excluding hydrogens is 489 g/mol. The summed E-state index contributed by atoms with van der Waals surface area (Å²) in [6.07, 6.45) is -4.74. The van der Waals surface area contributed by atoms with E-state index in [1.807, 2.05) is 11.0 Å². The van der Waals surface area contributed by atoms with Gasteiger partial charge in [0.05, 0.1) is 15.1 Å². The molecule has 0 radical (unpaired) electrons. The van der Waals surface area contributed by atoms with E-state index in [0.717, 1.165) is 9.77 Å². The van der Waals surface area contributed by atoms with Crippen molar-refractivity contribution < 1.29 is 27.5 Å². The Morgan fingerprint density at radius 2 is 1.94 bits per heavy atom. The molecular formula is C22H21F3N4O3S2. The molecule has 3 aliphatic heterocycles. The Morgan fingerprint density at radius 1 is 1.18 bits per heavy atom. The number of carbonyl (C=O) groups is 2. The maximum absolute atomic E-state index is 13.3. The summed E-state index contributed by atoms with van der Waals surface area (Å²) >= 11 is 3.13. The zero-order chi connectivity index (χ0) is 24.0. The van der Waals surface area contributed by atoms with E-state index in [-0.39, 0.29) is 29.4 Å². The van der Waals surface area contributed by atoms with Crippen LogP contribution in [-0.2, 0) is 4.79 Å². The van der Waals surface area contributed by atoms with Crippen molar-refractivity contribution in [3.05, 3.63) is 40.8 Å². The minimum Gasteiger partial charge on any atom is -0.406 e. The number of benzene rings is 1. The molecule has 0 bridgehead atoms. The first-order valence-electron chi connectivity index (χ1n) is 10.7. The average molecular weight is 511 g/mol.